The highest BCUT2D eigenvalue weighted by Crippen LogP contribution is 2.37. The molecule has 0 heterocycles. The average Bonchev–Trinajstić information content (AvgIpc) is 2.52. The summed E-state index contributed by atoms with van der Waals surface area (Å²) in [5.74, 6) is 0. The van der Waals surface area contributed by atoms with Crippen LogP contribution in [0.4, 0.5) is 11.4 Å². The molecule has 0 aliphatic carbocycles. The number of anilines is 2. The van der Waals surface area contributed by atoms with Gasteiger partial charge in [-0.2, -0.15) is 10.5 Å². The molecule has 0 aromatic heterocycles. The summed E-state index contributed by atoms with van der Waals surface area (Å²) in [5.41, 5.74) is 12.2. The van der Waals surface area contributed by atoms with Crippen molar-refractivity contribution < 1.29 is 8.42 Å². The molecule has 2 aromatic rings. The molecule has 0 saturated carbocycles. The zero-order chi connectivity index (χ0) is 17.0. The average molecular weight is 326 g/mol. The molecule has 6 nitrogen and oxygen atoms in total. The molecule has 23 heavy (non-hydrogen) atoms. The van der Waals surface area contributed by atoms with Crippen LogP contribution in [0.3, 0.4) is 0 Å². The number of para-hydroxylation sites is 2. The quantitative estimate of drug-likeness (QED) is 0.826. The smallest absolute Gasteiger partial charge is 0.191 e. The van der Waals surface area contributed by atoms with E-state index in [0.29, 0.717) is 0 Å². The molecule has 2 unspecified atom stereocenters. The van der Waals surface area contributed by atoms with Gasteiger partial charge in [-0.05, 0) is 12.1 Å². The summed E-state index contributed by atoms with van der Waals surface area (Å²) in [6.45, 7) is 0. The van der Waals surface area contributed by atoms with Crippen LogP contribution in [0.25, 0.3) is 0 Å². The Balaban J connectivity index is 2.60. The first kappa shape index (κ1) is 16.3. The lowest BCUT2D eigenvalue weighted by molar-refractivity contribution is 0.586. The number of rotatable bonds is 4. The monoisotopic (exact) mass is 326 g/mol. The van der Waals surface area contributed by atoms with E-state index in [0.717, 1.165) is 0 Å². The van der Waals surface area contributed by atoms with Gasteiger partial charge in [-0.15, -0.1) is 0 Å². The third kappa shape index (κ3) is 2.96. The number of benzene rings is 2. The highest BCUT2D eigenvalue weighted by atomic mass is 32.2. The second-order valence-electron chi connectivity index (χ2n) is 4.87. The molecule has 116 valence electrons. The maximum atomic E-state index is 12.8. The van der Waals surface area contributed by atoms with Gasteiger partial charge in [0.15, 0.2) is 20.3 Å². The molecule has 0 bridgehead atoms. The molecule has 0 aliphatic heterocycles. The van der Waals surface area contributed by atoms with Crippen molar-refractivity contribution in [2.45, 2.75) is 10.5 Å². The highest BCUT2D eigenvalue weighted by Gasteiger charge is 2.38. The lowest BCUT2D eigenvalue weighted by Gasteiger charge is -2.18. The van der Waals surface area contributed by atoms with E-state index >= 15 is 0 Å². The lowest BCUT2D eigenvalue weighted by atomic mass is 10.1. The van der Waals surface area contributed by atoms with Gasteiger partial charge in [0, 0.05) is 22.5 Å². The van der Waals surface area contributed by atoms with Crippen LogP contribution in [0, 0.1) is 22.7 Å². The van der Waals surface area contributed by atoms with Crippen LogP contribution in [0.1, 0.15) is 21.6 Å². The zero-order valence-electron chi connectivity index (χ0n) is 12.0. The Morgan fingerprint density at radius 1 is 0.783 bits per heavy atom. The first-order valence-electron chi connectivity index (χ1n) is 6.64. The fourth-order valence-electron chi connectivity index (χ4n) is 2.28. The molecule has 0 fully saturated rings. The summed E-state index contributed by atoms with van der Waals surface area (Å²) >= 11 is 0. The fourth-order valence-corrected chi connectivity index (χ4v) is 3.98. The van der Waals surface area contributed by atoms with Gasteiger partial charge in [0.25, 0.3) is 0 Å². The number of nitrogens with two attached hydrogens (primary N) is 2. The Labute approximate surface area is 134 Å². The van der Waals surface area contributed by atoms with Crippen molar-refractivity contribution in [2.24, 2.45) is 0 Å². The van der Waals surface area contributed by atoms with Crippen LogP contribution in [0.15, 0.2) is 48.5 Å². The van der Waals surface area contributed by atoms with E-state index in [2.05, 4.69) is 0 Å². The molecule has 2 atom stereocenters. The zero-order valence-corrected chi connectivity index (χ0v) is 12.9. The van der Waals surface area contributed by atoms with Gasteiger partial charge in [-0.3, -0.25) is 0 Å². The third-order valence-corrected chi connectivity index (χ3v) is 5.48. The van der Waals surface area contributed by atoms with E-state index in [1.54, 1.807) is 36.4 Å². The Hall–Kier alpha value is -3.03. The number of nitrogens with zero attached hydrogens (tertiary/aromatic N) is 2. The summed E-state index contributed by atoms with van der Waals surface area (Å²) in [4.78, 5) is 0. The van der Waals surface area contributed by atoms with E-state index in [1.807, 2.05) is 0 Å². The van der Waals surface area contributed by atoms with Gasteiger partial charge < -0.3 is 11.5 Å². The van der Waals surface area contributed by atoms with Crippen molar-refractivity contribution in [3.8, 4) is 12.1 Å². The number of hydrogen-bond donors (Lipinski definition) is 2. The van der Waals surface area contributed by atoms with E-state index in [4.69, 9.17) is 11.5 Å². The van der Waals surface area contributed by atoms with E-state index in [-0.39, 0.29) is 22.5 Å². The Morgan fingerprint density at radius 2 is 1.13 bits per heavy atom. The van der Waals surface area contributed by atoms with Gasteiger partial charge in [0.05, 0.1) is 12.1 Å². The number of nitriles is 2. The standard InChI is InChI=1S/C16H14N4O2S/c17-9-15(11-5-1-3-7-13(11)19)23(21,22)16(10-18)12-6-2-4-8-14(12)20/h1-8,15-16H,19-20H2. The van der Waals surface area contributed by atoms with Crippen molar-refractivity contribution in [2.75, 3.05) is 11.5 Å². The highest BCUT2D eigenvalue weighted by molar-refractivity contribution is 7.92. The summed E-state index contributed by atoms with van der Waals surface area (Å²) in [6.07, 6.45) is 0. The van der Waals surface area contributed by atoms with Crippen LogP contribution >= 0.6 is 0 Å². The number of hydrogen-bond acceptors (Lipinski definition) is 6. The lowest BCUT2D eigenvalue weighted by Crippen LogP contribution is -2.21. The van der Waals surface area contributed by atoms with Crippen molar-refractivity contribution in [3.63, 3.8) is 0 Å². The summed E-state index contributed by atoms with van der Waals surface area (Å²) in [5, 5.41) is 15.7. The maximum Gasteiger partial charge on any atom is 0.191 e. The van der Waals surface area contributed by atoms with Crippen molar-refractivity contribution in [1.82, 2.24) is 0 Å². The summed E-state index contributed by atoms with van der Waals surface area (Å²) in [7, 11) is -4.20. The molecule has 0 aliphatic rings. The molecular weight excluding hydrogens is 312 g/mol. The summed E-state index contributed by atoms with van der Waals surface area (Å²) < 4.78 is 25.7. The van der Waals surface area contributed by atoms with Crippen LogP contribution in [-0.4, -0.2) is 8.42 Å². The first-order valence-corrected chi connectivity index (χ1v) is 8.25. The molecule has 4 N–H and O–H groups in total. The minimum Gasteiger partial charge on any atom is -0.398 e. The van der Waals surface area contributed by atoms with Crippen LogP contribution in [0.5, 0.6) is 0 Å². The van der Waals surface area contributed by atoms with Gasteiger partial charge in [-0.1, -0.05) is 36.4 Å². The minimum atomic E-state index is -4.20. The second-order valence-corrected chi connectivity index (χ2v) is 6.99. The third-order valence-electron chi connectivity index (χ3n) is 3.45. The van der Waals surface area contributed by atoms with E-state index in [1.165, 1.54) is 24.3 Å². The molecule has 2 aromatic carbocycles. The molecule has 0 saturated heterocycles. The first-order chi connectivity index (χ1) is 10.9. The van der Waals surface area contributed by atoms with Gasteiger partial charge >= 0.3 is 0 Å². The van der Waals surface area contributed by atoms with Gasteiger partial charge in [0.2, 0.25) is 0 Å². The van der Waals surface area contributed by atoms with Crippen molar-refractivity contribution in [1.29, 1.82) is 10.5 Å². The Morgan fingerprint density at radius 3 is 1.43 bits per heavy atom. The summed E-state index contributed by atoms with van der Waals surface area (Å²) in [6, 6.07) is 15.9. The van der Waals surface area contributed by atoms with Crippen LogP contribution in [-0.2, 0) is 9.84 Å². The molecule has 0 spiro atoms. The van der Waals surface area contributed by atoms with Crippen LogP contribution < -0.4 is 11.5 Å². The predicted molar refractivity (Wildman–Crippen MR) is 87.3 cm³/mol. The minimum absolute atomic E-state index is 0.157. The Kier molecular flexibility index (Phi) is 4.54. The predicted octanol–water partition coefficient (Wildman–Crippen LogP) is 2.10. The molecule has 0 radical (unpaired) electrons. The fraction of sp³-hybridized carbons (Fsp3) is 0.125. The number of nitrogen functional groups attached to an aromatic ring is 2. The topological polar surface area (TPSA) is 134 Å². The van der Waals surface area contributed by atoms with E-state index < -0.39 is 20.3 Å². The van der Waals surface area contributed by atoms with Gasteiger partial charge in [0.1, 0.15) is 0 Å². The van der Waals surface area contributed by atoms with Crippen LogP contribution in [0.2, 0.25) is 0 Å². The van der Waals surface area contributed by atoms with Gasteiger partial charge in [-0.25, -0.2) is 8.42 Å². The Bertz CT molecular complexity index is 841. The second kappa shape index (κ2) is 6.39. The number of sulfone groups is 1. The molecule has 2 rings (SSSR count). The van der Waals surface area contributed by atoms with Crippen molar-refractivity contribution >= 4 is 21.2 Å². The van der Waals surface area contributed by atoms with E-state index in [9.17, 15) is 18.9 Å². The molecular formula is C16H14N4O2S. The SMILES string of the molecule is N#CC(c1ccccc1N)S(=O)(=O)C(C#N)c1ccccc1N. The molecule has 0 amide bonds. The largest absolute Gasteiger partial charge is 0.398 e. The molecule has 7 heteroatoms. The normalized spacial score (nSPS) is 13.5. The van der Waals surface area contributed by atoms with Crippen molar-refractivity contribution in [3.05, 3.63) is 59.7 Å². The maximum absolute atomic E-state index is 12.8.